The molecule has 1 heterocycles. The van der Waals surface area contributed by atoms with Gasteiger partial charge < -0.3 is 9.67 Å². The van der Waals surface area contributed by atoms with Crippen molar-refractivity contribution in [2.24, 2.45) is 0 Å². The van der Waals surface area contributed by atoms with E-state index in [4.69, 9.17) is 5.11 Å². The Morgan fingerprint density at radius 3 is 1.71 bits per heavy atom. The number of halogens is 1. The number of hydrogen-bond acceptors (Lipinski definition) is 2. The number of aromatic nitrogens is 2. The molecule has 5 aromatic rings. The molecule has 1 aromatic heterocycles. The number of carbonyl (C=O) groups is 1. The predicted octanol–water partition coefficient (Wildman–Crippen LogP) is 7.94. The van der Waals surface area contributed by atoms with E-state index in [0.29, 0.717) is 0 Å². The highest BCUT2D eigenvalue weighted by Crippen LogP contribution is 2.14. The van der Waals surface area contributed by atoms with Gasteiger partial charge in [-0.15, -0.1) is 0 Å². The van der Waals surface area contributed by atoms with Gasteiger partial charge in [-0.25, -0.2) is 9.78 Å². The van der Waals surface area contributed by atoms with E-state index in [1.807, 2.05) is 16.8 Å². The molecular formula is C37H31BrN2O2. The highest BCUT2D eigenvalue weighted by molar-refractivity contribution is 9.08. The summed E-state index contributed by atoms with van der Waals surface area (Å²) in [6.07, 6.45) is 5.51. The Morgan fingerprint density at radius 2 is 1.24 bits per heavy atom. The number of nitrogens with zero attached hydrogens (tertiary/aromatic N) is 2. The zero-order chi connectivity index (χ0) is 29.9. The van der Waals surface area contributed by atoms with Crippen LogP contribution in [0.25, 0.3) is 0 Å². The minimum absolute atomic E-state index is 0.264. The molecule has 0 atom stereocenters. The number of carboxylic acid groups (broad SMARTS) is 1. The molecule has 0 aliphatic carbocycles. The van der Waals surface area contributed by atoms with Crippen molar-refractivity contribution < 1.29 is 9.90 Å². The Morgan fingerprint density at radius 1 is 0.738 bits per heavy atom. The third-order valence-electron chi connectivity index (χ3n) is 6.63. The Kier molecular flexibility index (Phi) is 10.5. The Hall–Kier alpha value is -4.84. The fourth-order valence-electron chi connectivity index (χ4n) is 4.07. The largest absolute Gasteiger partial charge is 0.478 e. The number of hydrogen-bond donors (Lipinski definition) is 1. The van der Waals surface area contributed by atoms with Gasteiger partial charge in [-0.2, -0.15) is 0 Å². The summed E-state index contributed by atoms with van der Waals surface area (Å²) in [6, 6.07) is 27.3. The fraction of sp³-hybridized carbons (Fsp3) is 0.135. The first-order valence-corrected chi connectivity index (χ1v) is 14.6. The van der Waals surface area contributed by atoms with E-state index in [0.717, 1.165) is 34.1 Å². The van der Waals surface area contributed by atoms with Crippen molar-refractivity contribution in [3.63, 3.8) is 0 Å². The maximum Gasteiger partial charge on any atom is 0.335 e. The van der Waals surface area contributed by atoms with Gasteiger partial charge in [-0.05, 0) is 104 Å². The lowest BCUT2D eigenvalue weighted by atomic mass is 10.0. The third kappa shape index (κ3) is 8.83. The number of imidazole rings is 1. The van der Waals surface area contributed by atoms with Crippen molar-refractivity contribution in [3.05, 3.63) is 159 Å². The zero-order valence-corrected chi connectivity index (χ0v) is 25.4. The van der Waals surface area contributed by atoms with Crippen LogP contribution < -0.4 is 0 Å². The van der Waals surface area contributed by atoms with Crippen molar-refractivity contribution >= 4 is 21.9 Å². The summed E-state index contributed by atoms with van der Waals surface area (Å²) >= 11 is 3.48. The SMILES string of the molecule is Cc1cc(C#Cc2ccc(C(=O)O)cc2)ccc1Cn1ccnc1.Cc1ccc(C#Cc2ccc(CBr)c(C)c2)cc1. The molecule has 0 aliphatic rings. The van der Waals surface area contributed by atoms with E-state index < -0.39 is 5.97 Å². The van der Waals surface area contributed by atoms with E-state index in [9.17, 15) is 4.79 Å². The molecule has 0 saturated carbocycles. The van der Waals surface area contributed by atoms with Crippen LogP contribution in [0.4, 0.5) is 0 Å². The molecule has 208 valence electrons. The quantitative estimate of drug-likeness (QED) is 0.165. The maximum absolute atomic E-state index is 10.8. The molecule has 1 N–H and O–H groups in total. The first-order valence-electron chi connectivity index (χ1n) is 13.5. The second kappa shape index (κ2) is 14.7. The van der Waals surface area contributed by atoms with Crippen molar-refractivity contribution in [2.75, 3.05) is 0 Å². The van der Waals surface area contributed by atoms with Gasteiger partial charge in [0.15, 0.2) is 0 Å². The topological polar surface area (TPSA) is 55.1 Å². The molecule has 0 unspecified atom stereocenters. The Bertz CT molecular complexity index is 1780. The molecule has 0 aliphatic heterocycles. The molecule has 5 heteroatoms. The van der Waals surface area contributed by atoms with Crippen molar-refractivity contribution in [1.29, 1.82) is 0 Å². The van der Waals surface area contributed by atoms with E-state index in [2.05, 4.69) is 120 Å². The molecule has 0 amide bonds. The molecule has 42 heavy (non-hydrogen) atoms. The molecular weight excluding hydrogens is 584 g/mol. The number of rotatable bonds is 4. The summed E-state index contributed by atoms with van der Waals surface area (Å²) in [4.78, 5) is 14.9. The average molecular weight is 616 g/mol. The number of benzene rings is 4. The maximum atomic E-state index is 10.8. The minimum Gasteiger partial charge on any atom is -0.478 e. The van der Waals surface area contributed by atoms with E-state index in [-0.39, 0.29) is 5.56 Å². The first kappa shape index (κ1) is 30.1. The Balaban J connectivity index is 0.000000201. The molecule has 4 aromatic carbocycles. The molecule has 4 nitrogen and oxygen atoms in total. The number of carboxylic acids is 1. The van der Waals surface area contributed by atoms with Crippen LogP contribution in [0.5, 0.6) is 0 Å². The van der Waals surface area contributed by atoms with Gasteiger partial charge in [0.05, 0.1) is 11.9 Å². The van der Waals surface area contributed by atoms with Gasteiger partial charge in [-0.1, -0.05) is 69.4 Å². The van der Waals surface area contributed by atoms with E-state index in [1.165, 1.54) is 27.8 Å². The molecule has 0 fully saturated rings. The lowest BCUT2D eigenvalue weighted by molar-refractivity contribution is 0.0697. The molecule has 0 radical (unpaired) electrons. The molecule has 0 saturated heterocycles. The van der Waals surface area contributed by atoms with Crippen LogP contribution in [0.15, 0.2) is 104 Å². The lowest BCUT2D eigenvalue weighted by Gasteiger charge is -2.07. The second-order valence-corrected chi connectivity index (χ2v) is 10.5. The zero-order valence-electron chi connectivity index (χ0n) is 23.9. The summed E-state index contributed by atoms with van der Waals surface area (Å²) in [5.74, 6) is 11.6. The van der Waals surface area contributed by atoms with Gasteiger partial charge in [0.25, 0.3) is 0 Å². The van der Waals surface area contributed by atoms with Crippen LogP contribution in [0.2, 0.25) is 0 Å². The summed E-state index contributed by atoms with van der Waals surface area (Å²) < 4.78 is 2.03. The fourth-order valence-corrected chi connectivity index (χ4v) is 4.70. The third-order valence-corrected chi connectivity index (χ3v) is 7.23. The first-order chi connectivity index (χ1) is 20.3. The minimum atomic E-state index is -0.932. The second-order valence-electron chi connectivity index (χ2n) is 9.90. The van der Waals surface area contributed by atoms with Crippen molar-refractivity contribution in [2.45, 2.75) is 32.6 Å². The average Bonchev–Trinajstić information content (AvgIpc) is 3.51. The van der Waals surface area contributed by atoms with Gasteiger partial charge in [-0.3, -0.25) is 0 Å². The lowest BCUT2D eigenvalue weighted by Crippen LogP contribution is -1.99. The van der Waals surface area contributed by atoms with E-state index >= 15 is 0 Å². The summed E-state index contributed by atoms with van der Waals surface area (Å²) in [5.41, 5.74) is 10.4. The standard InChI is InChI=1S/C20H16N2O2.C17H15Br/c1-15-12-17(6-9-19(15)13-22-11-10-21-14-22)3-2-16-4-7-18(8-5-16)20(23)24;1-13-3-5-15(6-4-13)7-8-16-9-10-17(12-18)14(2)11-16/h4-12,14H,13H2,1H3,(H,23,24);3-6,9-11H,12H2,1-2H3. The number of alkyl halides is 1. The number of aromatic carboxylic acids is 1. The predicted molar refractivity (Wildman–Crippen MR) is 173 cm³/mol. The molecule has 0 spiro atoms. The highest BCUT2D eigenvalue weighted by atomic mass is 79.9. The van der Waals surface area contributed by atoms with Gasteiger partial charge in [0, 0.05) is 46.5 Å². The highest BCUT2D eigenvalue weighted by Gasteiger charge is 2.02. The monoisotopic (exact) mass is 614 g/mol. The Labute approximate surface area is 256 Å². The van der Waals surface area contributed by atoms with Crippen LogP contribution in [0, 0.1) is 44.5 Å². The molecule has 0 bridgehead atoms. The smallest absolute Gasteiger partial charge is 0.335 e. The van der Waals surface area contributed by atoms with E-state index in [1.54, 1.807) is 36.8 Å². The summed E-state index contributed by atoms with van der Waals surface area (Å²) in [6.45, 7) is 7.06. The van der Waals surface area contributed by atoms with Crippen LogP contribution in [-0.4, -0.2) is 20.6 Å². The van der Waals surface area contributed by atoms with Crippen molar-refractivity contribution in [1.82, 2.24) is 9.55 Å². The van der Waals surface area contributed by atoms with Crippen LogP contribution in [0.3, 0.4) is 0 Å². The van der Waals surface area contributed by atoms with Crippen LogP contribution >= 0.6 is 15.9 Å². The normalized spacial score (nSPS) is 9.90. The summed E-state index contributed by atoms with van der Waals surface area (Å²) in [5, 5.41) is 9.78. The summed E-state index contributed by atoms with van der Waals surface area (Å²) in [7, 11) is 0. The van der Waals surface area contributed by atoms with Crippen molar-refractivity contribution in [3.8, 4) is 23.7 Å². The molecule has 5 rings (SSSR count). The van der Waals surface area contributed by atoms with Gasteiger partial charge >= 0.3 is 5.97 Å². The van der Waals surface area contributed by atoms with Gasteiger partial charge in [0.2, 0.25) is 0 Å². The van der Waals surface area contributed by atoms with Gasteiger partial charge in [0.1, 0.15) is 0 Å². The van der Waals surface area contributed by atoms with Crippen LogP contribution in [0.1, 0.15) is 60.4 Å². The van der Waals surface area contributed by atoms with Crippen LogP contribution in [-0.2, 0) is 11.9 Å². The number of aryl methyl sites for hydroxylation is 3.